The Morgan fingerprint density at radius 1 is 1.10 bits per heavy atom. The van der Waals surface area contributed by atoms with Crippen molar-refractivity contribution in [3.63, 3.8) is 0 Å². The number of hydrogen-bond donors (Lipinski definition) is 1. The topological polar surface area (TPSA) is 60.9 Å². The van der Waals surface area contributed by atoms with Crippen LogP contribution in [0.15, 0.2) is 47.5 Å². The van der Waals surface area contributed by atoms with Gasteiger partial charge in [0, 0.05) is 5.69 Å². The van der Waals surface area contributed by atoms with Crippen LogP contribution < -0.4 is 11.3 Å². The maximum absolute atomic E-state index is 13.2. The standard InChI is InChI=1S/C15H11F2N3O/c16-12-3-1-9(5-13(12)17)7-20-8-19-14-4-2-10(18)6-11(14)15(20)21/h1-6,8H,7,18H2. The van der Waals surface area contributed by atoms with Gasteiger partial charge >= 0.3 is 0 Å². The van der Waals surface area contributed by atoms with Gasteiger partial charge < -0.3 is 5.73 Å². The summed E-state index contributed by atoms with van der Waals surface area (Å²) in [4.78, 5) is 16.5. The molecule has 0 spiro atoms. The van der Waals surface area contributed by atoms with Gasteiger partial charge in [0.25, 0.3) is 5.56 Å². The van der Waals surface area contributed by atoms with Crippen LogP contribution in [-0.4, -0.2) is 9.55 Å². The average Bonchev–Trinajstić information content (AvgIpc) is 2.46. The molecule has 0 amide bonds. The molecule has 3 rings (SSSR count). The highest BCUT2D eigenvalue weighted by molar-refractivity contribution is 5.80. The highest BCUT2D eigenvalue weighted by atomic mass is 19.2. The Bertz CT molecular complexity index is 890. The number of fused-ring (bicyclic) bond motifs is 1. The Morgan fingerprint density at radius 2 is 1.90 bits per heavy atom. The van der Waals surface area contributed by atoms with Gasteiger partial charge in [-0.1, -0.05) is 6.07 Å². The predicted octanol–water partition coefficient (Wildman–Crippen LogP) is 2.31. The predicted molar refractivity (Wildman–Crippen MR) is 75.9 cm³/mol. The van der Waals surface area contributed by atoms with E-state index in [2.05, 4.69) is 4.98 Å². The molecule has 2 aromatic carbocycles. The van der Waals surface area contributed by atoms with Crippen molar-refractivity contribution in [3.8, 4) is 0 Å². The largest absolute Gasteiger partial charge is 0.399 e. The number of nitrogens with two attached hydrogens (primary N) is 1. The number of hydrogen-bond acceptors (Lipinski definition) is 3. The van der Waals surface area contributed by atoms with Gasteiger partial charge in [0.2, 0.25) is 0 Å². The van der Waals surface area contributed by atoms with Crippen LogP contribution in [0.1, 0.15) is 5.56 Å². The monoisotopic (exact) mass is 287 g/mol. The molecule has 3 aromatic rings. The number of nitrogens with zero attached hydrogens (tertiary/aromatic N) is 2. The molecule has 0 aliphatic carbocycles. The fourth-order valence-electron chi connectivity index (χ4n) is 2.12. The van der Waals surface area contributed by atoms with Crippen LogP contribution in [0.2, 0.25) is 0 Å². The van der Waals surface area contributed by atoms with Gasteiger partial charge in [0.1, 0.15) is 0 Å². The molecule has 0 saturated heterocycles. The number of aromatic nitrogens is 2. The second-order valence-electron chi connectivity index (χ2n) is 4.70. The van der Waals surface area contributed by atoms with E-state index >= 15 is 0 Å². The zero-order valence-electron chi connectivity index (χ0n) is 10.9. The van der Waals surface area contributed by atoms with Crippen LogP contribution >= 0.6 is 0 Å². The number of rotatable bonds is 2. The lowest BCUT2D eigenvalue weighted by Gasteiger charge is -2.07. The first-order valence-corrected chi connectivity index (χ1v) is 6.23. The summed E-state index contributed by atoms with van der Waals surface area (Å²) >= 11 is 0. The summed E-state index contributed by atoms with van der Waals surface area (Å²) in [6.07, 6.45) is 1.38. The molecule has 0 unspecified atom stereocenters. The summed E-state index contributed by atoms with van der Waals surface area (Å²) in [5, 5.41) is 0.389. The van der Waals surface area contributed by atoms with E-state index in [9.17, 15) is 13.6 Å². The van der Waals surface area contributed by atoms with Crippen LogP contribution in [-0.2, 0) is 6.54 Å². The molecule has 0 fully saturated rings. The highest BCUT2D eigenvalue weighted by Gasteiger charge is 2.07. The number of halogens is 2. The molecule has 4 nitrogen and oxygen atoms in total. The van der Waals surface area contributed by atoms with Crippen molar-refractivity contribution in [2.45, 2.75) is 6.54 Å². The van der Waals surface area contributed by atoms with Crippen molar-refractivity contribution >= 4 is 16.6 Å². The van der Waals surface area contributed by atoms with Gasteiger partial charge in [0.15, 0.2) is 11.6 Å². The molecule has 0 atom stereocenters. The fraction of sp³-hybridized carbons (Fsp3) is 0.0667. The average molecular weight is 287 g/mol. The minimum absolute atomic E-state index is 0.105. The third kappa shape index (κ3) is 2.47. The van der Waals surface area contributed by atoms with E-state index in [1.807, 2.05) is 0 Å². The van der Waals surface area contributed by atoms with Gasteiger partial charge in [-0.2, -0.15) is 0 Å². The summed E-state index contributed by atoms with van der Waals surface area (Å²) in [5.41, 5.74) is 6.86. The Morgan fingerprint density at radius 3 is 2.67 bits per heavy atom. The van der Waals surface area contributed by atoms with Crippen molar-refractivity contribution in [3.05, 3.63) is 70.3 Å². The van der Waals surface area contributed by atoms with E-state index < -0.39 is 11.6 Å². The molecule has 0 radical (unpaired) electrons. The van der Waals surface area contributed by atoms with Crippen LogP contribution in [0.25, 0.3) is 10.9 Å². The first-order valence-electron chi connectivity index (χ1n) is 6.23. The van der Waals surface area contributed by atoms with E-state index in [0.717, 1.165) is 12.1 Å². The quantitative estimate of drug-likeness (QED) is 0.736. The van der Waals surface area contributed by atoms with Gasteiger partial charge in [-0.3, -0.25) is 9.36 Å². The molecule has 0 aliphatic heterocycles. The third-order valence-electron chi connectivity index (χ3n) is 3.19. The zero-order valence-corrected chi connectivity index (χ0v) is 10.9. The summed E-state index contributed by atoms with van der Waals surface area (Å²) in [6, 6.07) is 8.39. The van der Waals surface area contributed by atoms with Gasteiger partial charge in [-0.25, -0.2) is 13.8 Å². The van der Waals surface area contributed by atoms with Crippen molar-refractivity contribution in [1.29, 1.82) is 0 Å². The number of benzene rings is 2. The highest BCUT2D eigenvalue weighted by Crippen LogP contribution is 2.13. The van der Waals surface area contributed by atoms with E-state index in [1.54, 1.807) is 18.2 Å². The number of anilines is 1. The second-order valence-corrected chi connectivity index (χ2v) is 4.70. The summed E-state index contributed by atoms with van der Waals surface area (Å²) < 4.78 is 27.4. The maximum atomic E-state index is 13.2. The van der Waals surface area contributed by atoms with Gasteiger partial charge in [-0.05, 0) is 35.9 Å². The van der Waals surface area contributed by atoms with Crippen LogP contribution in [0.4, 0.5) is 14.5 Å². The lowest BCUT2D eigenvalue weighted by Crippen LogP contribution is -2.21. The zero-order chi connectivity index (χ0) is 15.0. The molecule has 6 heteroatoms. The second kappa shape index (κ2) is 4.97. The maximum Gasteiger partial charge on any atom is 0.261 e. The first kappa shape index (κ1) is 13.2. The van der Waals surface area contributed by atoms with Crippen LogP contribution in [0.3, 0.4) is 0 Å². The van der Waals surface area contributed by atoms with Crippen molar-refractivity contribution in [1.82, 2.24) is 9.55 Å². The Hall–Kier alpha value is -2.76. The molecular weight excluding hydrogens is 276 g/mol. The Kier molecular flexibility index (Phi) is 3.13. The fourth-order valence-corrected chi connectivity index (χ4v) is 2.12. The smallest absolute Gasteiger partial charge is 0.261 e. The van der Waals surface area contributed by atoms with E-state index in [0.29, 0.717) is 22.2 Å². The lowest BCUT2D eigenvalue weighted by atomic mass is 10.2. The first-order chi connectivity index (χ1) is 10.0. The normalized spacial score (nSPS) is 11.0. The molecular formula is C15H11F2N3O. The summed E-state index contributed by atoms with van der Waals surface area (Å²) in [7, 11) is 0. The molecule has 21 heavy (non-hydrogen) atoms. The van der Waals surface area contributed by atoms with Gasteiger partial charge in [-0.15, -0.1) is 0 Å². The minimum atomic E-state index is -0.946. The summed E-state index contributed by atoms with van der Waals surface area (Å²) in [6.45, 7) is 0.105. The number of nitrogen functional groups attached to an aromatic ring is 1. The molecule has 1 aromatic heterocycles. The SMILES string of the molecule is Nc1ccc2ncn(Cc3ccc(F)c(F)c3)c(=O)c2c1. The Labute approximate surface area is 118 Å². The lowest BCUT2D eigenvalue weighted by molar-refractivity contribution is 0.506. The van der Waals surface area contributed by atoms with E-state index in [1.165, 1.54) is 17.0 Å². The van der Waals surface area contributed by atoms with Crippen LogP contribution in [0, 0.1) is 11.6 Å². The molecule has 0 aliphatic rings. The van der Waals surface area contributed by atoms with Gasteiger partial charge in [0.05, 0.1) is 23.8 Å². The molecule has 0 bridgehead atoms. The third-order valence-corrected chi connectivity index (χ3v) is 3.19. The Balaban J connectivity index is 2.06. The molecule has 2 N–H and O–H groups in total. The van der Waals surface area contributed by atoms with Crippen molar-refractivity contribution in [2.24, 2.45) is 0 Å². The van der Waals surface area contributed by atoms with Crippen molar-refractivity contribution < 1.29 is 8.78 Å². The molecule has 1 heterocycles. The minimum Gasteiger partial charge on any atom is -0.399 e. The van der Waals surface area contributed by atoms with E-state index in [4.69, 9.17) is 5.73 Å². The molecule has 0 saturated carbocycles. The van der Waals surface area contributed by atoms with E-state index in [-0.39, 0.29) is 12.1 Å². The summed E-state index contributed by atoms with van der Waals surface area (Å²) in [5.74, 6) is -1.87. The van der Waals surface area contributed by atoms with Crippen LogP contribution in [0.5, 0.6) is 0 Å². The molecule has 106 valence electrons. The van der Waals surface area contributed by atoms with Crippen molar-refractivity contribution in [2.75, 3.05) is 5.73 Å².